The van der Waals surface area contributed by atoms with Crippen LogP contribution in [0.2, 0.25) is 0 Å². The van der Waals surface area contributed by atoms with Crippen LogP contribution in [0.3, 0.4) is 0 Å². The van der Waals surface area contributed by atoms with Gasteiger partial charge in [0.05, 0.1) is 11.4 Å². The van der Waals surface area contributed by atoms with Crippen molar-refractivity contribution in [3.8, 4) is 12.1 Å². The Morgan fingerprint density at radius 2 is 1.87 bits per heavy atom. The van der Waals surface area contributed by atoms with Crippen LogP contribution in [0.25, 0.3) is 0 Å². The summed E-state index contributed by atoms with van der Waals surface area (Å²) in [5.41, 5.74) is 2.35. The zero-order chi connectivity index (χ0) is 16.7. The number of carbonyl (C=O) groups is 1. The molecule has 0 saturated heterocycles. The van der Waals surface area contributed by atoms with Gasteiger partial charge in [-0.25, -0.2) is 0 Å². The third kappa shape index (κ3) is 4.59. The van der Waals surface area contributed by atoms with E-state index in [1.165, 1.54) is 12.6 Å². The molecule has 1 fully saturated rings. The van der Waals surface area contributed by atoms with Gasteiger partial charge in [0.2, 0.25) is 5.91 Å². The fourth-order valence-electron chi connectivity index (χ4n) is 2.73. The van der Waals surface area contributed by atoms with E-state index in [-0.39, 0.29) is 17.4 Å². The van der Waals surface area contributed by atoms with E-state index >= 15 is 0 Å². The molecule has 0 aromatic heterocycles. The minimum Gasteiger partial charge on any atom is -0.358 e. The highest BCUT2D eigenvalue weighted by Crippen LogP contribution is 2.28. The van der Waals surface area contributed by atoms with E-state index in [4.69, 9.17) is 10.5 Å². The molecule has 0 heterocycles. The van der Waals surface area contributed by atoms with Crippen molar-refractivity contribution < 1.29 is 4.79 Å². The normalized spacial score (nSPS) is 14.2. The smallest absolute Gasteiger partial charge is 0.227 e. The van der Waals surface area contributed by atoms with E-state index in [2.05, 4.69) is 10.6 Å². The molecule has 5 nitrogen and oxygen atoms in total. The monoisotopic (exact) mass is 308 g/mol. The summed E-state index contributed by atoms with van der Waals surface area (Å²) in [6.45, 7) is 1.94. The lowest BCUT2D eigenvalue weighted by Crippen LogP contribution is -2.25. The first-order valence-corrected chi connectivity index (χ1v) is 7.82. The Bertz CT molecular complexity index is 672. The maximum absolute atomic E-state index is 12.4. The largest absolute Gasteiger partial charge is 0.358 e. The summed E-state index contributed by atoms with van der Waals surface area (Å²) < 4.78 is 0. The first-order chi connectivity index (χ1) is 11.1. The Kier molecular flexibility index (Phi) is 5.77. The average Bonchev–Trinajstić information content (AvgIpc) is 2.58. The molecule has 5 heteroatoms. The molecule has 1 saturated carbocycles. The van der Waals surface area contributed by atoms with E-state index < -0.39 is 0 Å². The van der Waals surface area contributed by atoms with Crippen molar-refractivity contribution in [2.75, 3.05) is 10.6 Å². The molecule has 0 radical (unpaired) electrons. The minimum atomic E-state index is -0.0175. The van der Waals surface area contributed by atoms with Crippen LogP contribution in [-0.4, -0.2) is 5.91 Å². The van der Waals surface area contributed by atoms with Gasteiger partial charge in [0, 0.05) is 12.1 Å². The Hall–Kier alpha value is -2.79. The van der Waals surface area contributed by atoms with E-state index in [0.29, 0.717) is 11.4 Å². The van der Waals surface area contributed by atoms with Gasteiger partial charge in [0.1, 0.15) is 17.7 Å². The molecule has 1 amide bonds. The van der Waals surface area contributed by atoms with Gasteiger partial charge in [-0.2, -0.15) is 10.5 Å². The van der Waals surface area contributed by atoms with Crippen LogP contribution in [0.1, 0.15) is 37.7 Å². The Morgan fingerprint density at radius 3 is 2.52 bits per heavy atom. The van der Waals surface area contributed by atoms with Gasteiger partial charge in [-0.05, 0) is 37.5 Å². The van der Waals surface area contributed by atoms with E-state index in [9.17, 15) is 4.79 Å². The molecule has 23 heavy (non-hydrogen) atoms. The van der Waals surface area contributed by atoms with Crippen molar-refractivity contribution in [2.24, 2.45) is 5.92 Å². The average molecular weight is 308 g/mol. The van der Waals surface area contributed by atoms with Gasteiger partial charge >= 0.3 is 0 Å². The molecule has 2 N–H and O–H groups in total. The number of aryl methyl sites for hydroxylation is 1. The molecule has 1 aromatic carbocycles. The van der Waals surface area contributed by atoms with Crippen LogP contribution in [0.4, 0.5) is 11.4 Å². The van der Waals surface area contributed by atoms with Crippen LogP contribution in [0.15, 0.2) is 30.0 Å². The lowest BCUT2D eigenvalue weighted by molar-refractivity contribution is -0.120. The van der Waals surface area contributed by atoms with E-state index in [1.807, 2.05) is 25.1 Å². The van der Waals surface area contributed by atoms with Crippen LogP contribution in [-0.2, 0) is 4.79 Å². The number of amides is 1. The highest BCUT2D eigenvalue weighted by atomic mass is 16.1. The summed E-state index contributed by atoms with van der Waals surface area (Å²) in [6, 6.07) is 9.23. The number of nitrogens with one attached hydrogen (secondary N) is 2. The van der Waals surface area contributed by atoms with Crippen LogP contribution >= 0.6 is 0 Å². The standard InChI is InChI=1S/C18H20N4O/c1-13-7-8-16(17(9-13)21-12-14(10-19)11-20)22-18(23)15-5-3-2-4-6-15/h7-9,12,15,21H,2-6H2,1H3,(H,22,23). The third-order valence-corrected chi connectivity index (χ3v) is 4.02. The fraction of sp³-hybridized carbons (Fsp3) is 0.389. The quantitative estimate of drug-likeness (QED) is 0.827. The lowest BCUT2D eigenvalue weighted by Gasteiger charge is -2.21. The van der Waals surface area contributed by atoms with Gasteiger partial charge in [0.25, 0.3) is 0 Å². The SMILES string of the molecule is Cc1ccc(NC(=O)C2CCCCC2)c(NC=C(C#N)C#N)c1. The maximum atomic E-state index is 12.4. The minimum absolute atomic E-state index is 0.0175. The number of anilines is 2. The van der Waals surface area contributed by atoms with Gasteiger partial charge in [-0.1, -0.05) is 25.3 Å². The number of nitriles is 2. The number of benzene rings is 1. The fourth-order valence-corrected chi connectivity index (χ4v) is 2.73. The molecular formula is C18H20N4O. The summed E-state index contributed by atoms with van der Waals surface area (Å²) in [4.78, 5) is 12.4. The van der Waals surface area contributed by atoms with Gasteiger partial charge in [0.15, 0.2) is 0 Å². The van der Waals surface area contributed by atoms with Gasteiger partial charge in [-0.3, -0.25) is 4.79 Å². The van der Waals surface area contributed by atoms with Gasteiger partial charge < -0.3 is 10.6 Å². The van der Waals surface area contributed by atoms with Gasteiger partial charge in [-0.15, -0.1) is 0 Å². The third-order valence-electron chi connectivity index (χ3n) is 4.02. The Balaban J connectivity index is 2.15. The highest BCUT2D eigenvalue weighted by molar-refractivity contribution is 5.96. The summed E-state index contributed by atoms with van der Waals surface area (Å²) in [6.07, 6.45) is 6.64. The van der Waals surface area contributed by atoms with Crippen LogP contribution in [0.5, 0.6) is 0 Å². The highest BCUT2D eigenvalue weighted by Gasteiger charge is 2.21. The molecule has 1 aromatic rings. The second kappa shape index (κ2) is 8.00. The molecule has 1 aliphatic rings. The van der Waals surface area contributed by atoms with Crippen molar-refractivity contribution >= 4 is 17.3 Å². The van der Waals surface area contributed by atoms with Crippen LogP contribution in [0, 0.1) is 35.5 Å². The van der Waals surface area contributed by atoms with E-state index in [0.717, 1.165) is 31.2 Å². The number of nitrogens with zero attached hydrogens (tertiary/aromatic N) is 2. The van der Waals surface area contributed by atoms with Crippen LogP contribution < -0.4 is 10.6 Å². The Labute approximate surface area is 136 Å². The number of hydrogen-bond acceptors (Lipinski definition) is 4. The number of carbonyl (C=O) groups excluding carboxylic acids is 1. The predicted molar refractivity (Wildman–Crippen MR) is 89.3 cm³/mol. The number of rotatable bonds is 4. The maximum Gasteiger partial charge on any atom is 0.227 e. The summed E-state index contributed by atoms with van der Waals surface area (Å²) in [5, 5.41) is 23.5. The molecule has 1 aliphatic carbocycles. The molecule has 0 aliphatic heterocycles. The molecule has 2 rings (SSSR count). The first kappa shape index (κ1) is 16.6. The summed E-state index contributed by atoms with van der Waals surface area (Å²) >= 11 is 0. The zero-order valence-electron chi connectivity index (χ0n) is 13.2. The summed E-state index contributed by atoms with van der Waals surface area (Å²) in [5.74, 6) is 0.114. The van der Waals surface area contributed by atoms with Crippen molar-refractivity contribution in [2.45, 2.75) is 39.0 Å². The number of hydrogen-bond donors (Lipinski definition) is 2. The molecule has 118 valence electrons. The van der Waals surface area contributed by atoms with E-state index in [1.54, 1.807) is 12.1 Å². The topological polar surface area (TPSA) is 88.7 Å². The lowest BCUT2D eigenvalue weighted by atomic mass is 9.88. The molecule has 0 atom stereocenters. The van der Waals surface area contributed by atoms with Crippen molar-refractivity contribution in [1.29, 1.82) is 10.5 Å². The second-order valence-corrected chi connectivity index (χ2v) is 5.80. The Morgan fingerprint density at radius 1 is 1.17 bits per heavy atom. The zero-order valence-corrected chi connectivity index (χ0v) is 13.2. The summed E-state index contributed by atoms with van der Waals surface area (Å²) in [7, 11) is 0. The molecule has 0 unspecified atom stereocenters. The second-order valence-electron chi connectivity index (χ2n) is 5.80. The van der Waals surface area contributed by atoms with Crippen molar-refractivity contribution in [3.05, 3.63) is 35.5 Å². The molecular weight excluding hydrogens is 288 g/mol. The number of allylic oxidation sites excluding steroid dienone is 1. The van der Waals surface area contributed by atoms with Crippen molar-refractivity contribution in [1.82, 2.24) is 0 Å². The van der Waals surface area contributed by atoms with Crippen molar-refractivity contribution in [3.63, 3.8) is 0 Å². The molecule has 0 spiro atoms. The first-order valence-electron chi connectivity index (χ1n) is 7.82. The molecule has 0 bridgehead atoms. The predicted octanol–water partition coefficient (Wildman–Crippen LogP) is 3.86.